The molecule has 2 aromatic rings. The number of hydrogen-bond acceptors (Lipinski definition) is 5. The predicted octanol–water partition coefficient (Wildman–Crippen LogP) is 2.80. The van der Waals surface area contributed by atoms with Crippen molar-refractivity contribution in [1.82, 2.24) is 9.59 Å². The molecule has 8 heteroatoms. The summed E-state index contributed by atoms with van der Waals surface area (Å²) in [5.74, 6) is -0.560. The lowest BCUT2D eigenvalue weighted by Crippen LogP contribution is -2.03. The second kappa shape index (κ2) is 5.36. The molecule has 1 amide bonds. The third kappa shape index (κ3) is 3.17. The first-order valence-electron chi connectivity index (χ1n) is 5.21. The number of aryl methyl sites for hydroxylation is 1. The lowest BCUT2D eigenvalue weighted by molar-refractivity contribution is 0.101. The molecule has 0 bridgehead atoms. The highest BCUT2D eigenvalue weighted by atomic mass is 35.5. The van der Waals surface area contributed by atoms with Crippen molar-refractivity contribution in [3.63, 3.8) is 0 Å². The van der Waals surface area contributed by atoms with E-state index in [0.29, 0.717) is 20.5 Å². The number of rotatable bonds is 2. The fraction of sp³-hybridized carbons (Fsp3) is 0.182. The van der Waals surface area contributed by atoms with Gasteiger partial charge in [0.15, 0.2) is 0 Å². The van der Waals surface area contributed by atoms with Crippen molar-refractivity contribution in [3.8, 4) is 0 Å². The molecule has 0 N–H and O–H groups in total. The van der Waals surface area contributed by atoms with Crippen molar-refractivity contribution in [2.45, 2.75) is 11.8 Å². The maximum absolute atomic E-state index is 12.4. The molecular formula is C11H10ClN3O2S2. The smallest absolute Gasteiger partial charge is 0.265 e. The summed E-state index contributed by atoms with van der Waals surface area (Å²) in [4.78, 5) is 12.7. The van der Waals surface area contributed by atoms with Crippen molar-refractivity contribution >= 4 is 38.8 Å². The van der Waals surface area contributed by atoms with Crippen LogP contribution in [0, 0.1) is 6.92 Å². The van der Waals surface area contributed by atoms with Crippen LogP contribution in [0.3, 0.4) is 0 Å². The molecule has 1 heterocycles. The number of halogens is 1. The van der Waals surface area contributed by atoms with Crippen LogP contribution in [0.4, 0.5) is 0 Å². The highest BCUT2D eigenvalue weighted by Crippen LogP contribution is 2.18. The highest BCUT2D eigenvalue weighted by Gasteiger charge is 2.16. The Labute approximate surface area is 120 Å². The van der Waals surface area contributed by atoms with Gasteiger partial charge in [-0.25, -0.2) is 4.21 Å². The molecule has 0 aliphatic carbocycles. The zero-order valence-electron chi connectivity index (χ0n) is 10.2. The minimum atomic E-state index is -2.80. The van der Waals surface area contributed by atoms with Gasteiger partial charge in [0, 0.05) is 16.2 Å². The Morgan fingerprint density at radius 1 is 1.37 bits per heavy atom. The average Bonchev–Trinajstić information content (AvgIpc) is 2.75. The Balaban J connectivity index is 2.42. The van der Waals surface area contributed by atoms with Gasteiger partial charge in [-0.2, -0.15) is 4.36 Å². The van der Waals surface area contributed by atoms with Gasteiger partial charge in [0.1, 0.15) is 4.88 Å². The molecule has 1 atom stereocenters. The molecule has 0 fully saturated rings. The van der Waals surface area contributed by atoms with Gasteiger partial charge < -0.3 is 0 Å². The lowest BCUT2D eigenvalue weighted by atomic mass is 10.4. The van der Waals surface area contributed by atoms with Crippen molar-refractivity contribution in [1.29, 1.82) is 0 Å². The molecule has 0 aliphatic heterocycles. The fourth-order valence-electron chi connectivity index (χ4n) is 1.37. The first-order chi connectivity index (χ1) is 8.90. The van der Waals surface area contributed by atoms with E-state index in [1.165, 1.54) is 6.26 Å². The second-order valence-corrected chi connectivity index (χ2v) is 7.29. The van der Waals surface area contributed by atoms with Crippen molar-refractivity contribution in [2.75, 3.05) is 6.26 Å². The second-order valence-electron chi connectivity index (χ2n) is 3.84. The summed E-state index contributed by atoms with van der Waals surface area (Å²) in [6.45, 7) is 1.66. The zero-order valence-corrected chi connectivity index (χ0v) is 12.6. The van der Waals surface area contributed by atoms with E-state index in [4.69, 9.17) is 11.6 Å². The predicted molar refractivity (Wildman–Crippen MR) is 75.2 cm³/mol. The van der Waals surface area contributed by atoms with E-state index in [1.54, 1.807) is 31.2 Å². The molecule has 0 radical (unpaired) electrons. The van der Waals surface area contributed by atoms with Gasteiger partial charge in [-0.05, 0) is 42.7 Å². The first-order valence-corrected chi connectivity index (χ1v) is 8.28. The van der Waals surface area contributed by atoms with Crippen LogP contribution in [-0.4, -0.2) is 26.0 Å². The van der Waals surface area contributed by atoms with Crippen molar-refractivity contribution in [3.05, 3.63) is 39.9 Å². The molecule has 19 heavy (non-hydrogen) atoms. The summed E-state index contributed by atoms with van der Waals surface area (Å²) < 4.78 is 19.9. The standard InChI is InChI=1S/C11H10ClN3O2S2/c1-7-10(18-15-13-7)11(16)14-19(2,17)9-5-3-8(12)4-6-9/h3-6H,1-2H3. The first kappa shape index (κ1) is 14.1. The molecule has 2 rings (SSSR count). The molecule has 1 unspecified atom stereocenters. The van der Waals surface area contributed by atoms with Gasteiger partial charge in [0.05, 0.1) is 15.4 Å². The molecule has 0 saturated heterocycles. The van der Waals surface area contributed by atoms with Gasteiger partial charge >= 0.3 is 0 Å². The SMILES string of the molecule is Cc1nnsc1C(=O)N=S(C)(=O)c1ccc(Cl)cc1. The third-order valence-corrected chi connectivity index (χ3v) is 5.08. The van der Waals surface area contributed by atoms with Gasteiger partial charge in [0.2, 0.25) is 0 Å². The minimum absolute atomic E-state index is 0.309. The Morgan fingerprint density at radius 3 is 2.53 bits per heavy atom. The van der Waals surface area contributed by atoms with Crippen molar-refractivity contribution < 1.29 is 9.00 Å². The molecule has 0 spiro atoms. The summed E-state index contributed by atoms with van der Waals surface area (Å²) >= 11 is 6.71. The number of nitrogens with zero attached hydrogens (tertiary/aromatic N) is 3. The molecule has 100 valence electrons. The quantitative estimate of drug-likeness (QED) is 0.854. The minimum Gasteiger partial charge on any atom is -0.265 e. The van der Waals surface area contributed by atoms with E-state index >= 15 is 0 Å². The van der Waals surface area contributed by atoms with Crippen LogP contribution in [0.25, 0.3) is 0 Å². The highest BCUT2D eigenvalue weighted by molar-refractivity contribution is 7.93. The Morgan fingerprint density at radius 2 is 2.00 bits per heavy atom. The average molecular weight is 316 g/mol. The number of benzene rings is 1. The van der Waals surface area contributed by atoms with Gasteiger partial charge in [-0.1, -0.05) is 16.1 Å². The Bertz CT molecular complexity index is 731. The van der Waals surface area contributed by atoms with E-state index in [1.807, 2.05) is 0 Å². The van der Waals surface area contributed by atoms with Crippen LogP contribution in [0.5, 0.6) is 0 Å². The molecular weight excluding hydrogens is 306 g/mol. The van der Waals surface area contributed by atoms with Crippen molar-refractivity contribution in [2.24, 2.45) is 4.36 Å². The summed E-state index contributed by atoms with van der Waals surface area (Å²) in [6, 6.07) is 6.41. The van der Waals surface area contributed by atoms with E-state index in [2.05, 4.69) is 13.9 Å². The largest absolute Gasteiger partial charge is 0.299 e. The molecule has 1 aromatic carbocycles. The third-order valence-electron chi connectivity index (χ3n) is 2.35. The fourth-order valence-corrected chi connectivity index (χ4v) is 3.25. The normalized spacial score (nSPS) is 13.8. The van der Waals surface area contributed by atoms with Crippen LogP contribution in [0.2, 0.25) is 5.02 Å². The monoisotopic (exact) mass is 315 g/mol. The van der Waals surface area contributed by atoms with E-state index in [0.717, 1.165) is 11.5 Å². The maximum atomic E-state index is 12.4. The van der Waals surface area contributed by atoms with E-state index in [-0.39, 0.29) is 0 Å². The molecule has 0 saturated carbocycles. The van der Waals surface area contributed by atoms with Crippen LogP contribution >= 0.6 is 23.1 Å². The summed E-state index contributed by atoms with van der Waals surface area (Å²) in [7, 11) is -2.80. The summed E-state index contributed by atoms with van der Waals surface area (Å²) in [6.07, 6.45) is 1.41. The number of amides is 1. The maximum Gasteiger partial charge on any atom is 0.299 e. The van der Waals surface area contributed by atoms with Crippen LogP contribution in [-0.2, 0) is 9.73 Å². The zero-order chi connectivity index (χ0) is 14.0. The topological polar surface area (TPSA) is 72.3 Å². The Hall–Kier alpha value is -1.31. The summed E-state index contributed by atoms with van der Waals surface area (Å²) in [5.41, 5.74) is 0.491. The Kier molecular flexibility index (Phi) is 3.98. The molecule has 5 nitrogen and oxygen atoms in total. The van der Waals surface area contributed by atoms with Gasteiger partial charge in [-0.15, -0.1) is 5.10 Å². The number of carbonyl (C=O) groups excluding carboxylic acids is 1. The number of aromatic nitrogens is 2. The van der Waals surface area contributed by atoms with Crippen LogP contribution in [0.15, 0.2) is 33.5 Å². The number of hydrogen-bond donors (Lipinski definition) is 0. The van der Waals surface area contributed by atoms with Crippen LogP contribution < -0.4 is 0 Å². The molecule has 0 aliphatic rings. The van der Waals surface area contributed by atoms with E-state index in [9.17, 15) is 9.00 Å². The van der Waals surface area contributed by atoms with Crippen LogP contribution in [0.1, 0.15) is 15.4 Å². The van der Waals surface area contributed by atoms with E-state index < -0.39 is 15.6 Å². The summed E-state index contributed by atoms with van der Waals surface area (Å²) in [5, 5.41) is 4.26. The van der Waals surface area contributed by atoms with Gasteiger partial charge in [-0.3, -0.25) is 4.79 Å². The number of carbonyl (C=O) groups is 1. The molecule has 1 aromatic heterocycles. The lowest BCUT2D eigenvalue weighted by Gasteiger charge is -2.03. The van der Waals surface area contributed by atoms with Gasteiger partial charge in [0.25, 0.3) is 5.91 Å².